The van der Waals surface area contributed by atoms with Crippen molar-refractivity contribution < 1.29 is 9.60 Å². The molecule has 0 aromatic carbocycles. The van der Waals surface area contributed by atoms with Crippen LogP contribution in [0.25, 0.3) is 0 Å². The Labute approximate surface area is 47.1 Å². The number of aromatic nitrogens is 1. The van der Waals surface area contributed by atoms with Gasteiger partial charge in [-0.15, -0.1) is 0 Å². The molecule has 0 saturated carbocycles. The highest BCUT2D eigenvalue weighted by Crippen LogP contribution is 1.80. The molecule has 0 aliphatic heterocycles. The highest BCUT2D eigenvalue weighted by Gasteiger charge is 1.68. The minimum absolute atomic E-state index is 0.387. The zero-order chi connectivity index (χ0) is 10.4. The molecule has 0 bridgehead atoms. The van der Waals surface area contributed by atoms with Crippen LogP contribution in [0.4, 0.5) is 0 Å². The monoisotopic (exact) mass is 88.1 g/mol. The van der Waals surface area contributed by atoms with Gasteiger partial charge >= 0.3 is 0 Å². The smallest absolute Gasteiger partial charge is 0.0818 e. The summed E-state index contributed by atoms with van der Waals surface area (Å²) in [4.78, 5) is 0. The summed E-state index contributed by atoms with van der Waals surface area (Å²) in [5, 5.41) is 0. The van der Waals surface area contributed by atoms with Crippen molar-refractivity contribution >= 4 is 0 Å². The van der Waals surface area contributed by atoms with Gasteiger partial charge in [-0.25, -0.2) is 0 Å². The van der Waals surface area contributed by atoms with E-state index in [1.54, 1.807) is 0 Å². The third kappa shape index (κ3) is 0.432. The quantitative estimate of drug-likeness (QED) is 0.446. The van der Waals surface area contributed by atoms with Gasteiger partial charge in [0.2, 0.25) is 0 Å². The van der Waals surface area contributed by atoms with Gasteiger partial charge in [0.15, 0.2) is 0 Å². The Morgan fingerprint density at radius 1 is 1.67 bits per heavy atom. The molecule has 1 rings (SSSR count). The lowest BCUT2D eigenvalue weighted by atomic mass is 10.7. The van der Waals surface area contributed by atoms with Crippen LogP contribution in [0.1, 0.15) is 9.60 Å². The van der Waals surface area contributed by atoms with Crippen LogP contribution >= 0.6 is 0 Å². The van der Waals surface area contributed by atoms with E-state index in [4.69, 9.17) is 9.60 Å². The molecule has 1 heterocycles. The Kier molecular flexibility index (Phi) is 0.125. The van der Waals surface area contributed by atoms with E-state index in [0.29, 0.717) is 4.57 Å². The fourth-order valence-corrected chi connectivity index (χ4v) is 0.196. The molecule has 1 aromatic rings. The maximum atomic E-state index is 7.19. The molecule has 1 nitrogen and oxygen atoms in total. The Morgan fingerprint density at radius 3 is 2.67 bits per heavy atom. The second kappa shape index (κ2) is 1.17. The lowest BCUT2D eigenvalue weighted by Gasteiger charge is -1.79. The van der Waals surface area contributed by atoms with Gasteiger partial charge in [0.1, 0.15) is 0 Å². The second-order valence-corrected chi connectivity index (χ2v) is 0.809. The fraction of sp³-hybridized carbons (Fsp3) is 0.200. The summed E-state index contributed by atoms with van der Waals surface area (Å²) in [6, 6.07) is -1.05. The minimum Gasteiger partial charge on any atom is -0.357 e. The normalized spacial score (nSPS) is 27.7. The standard InChI is InChI=1S/C5H7N/c1-6-4-2-3-5-6/h2-5H,1H3/i1D3,2D,3D,4D,5D. The minimum atomic E-state index is -2.66. The van der Waals surface area contributed by atoms with Gasteiger partial charge in [-0.05, 0) is 12.1 Å². The zero-order valence-corrected chi connectivity index (χ0v) is 2.95. The third-order valence-electron chi connectivity index (χ3n) is 0.398. The Balaban J connectivity index is 3.47. The van der Waals surface area contributed by atoms with Crippen LogP contribution in [0, 0.1) is 0 Å². The van der Waals surface area contributed by atoms with E-state index < -0.39 is 31.4 Å². The van der Waals surface area contributed by atoms with E-state index in [1.165, 1.54) is 0 Å². The van der Waals surface area contributed by atoms with Gasteiger partial charge in [-0.2, -0.15) is 0 Å². The first-order chi connectivity index (χ1) is 5.76. The molecule has 0 atom stereocenters. The highest BCUT2D eigenvalue weighted by atomic mass is 14.9. The molecule has 32 valence electrons. The second-order valence-electron chi connectivity index (χ2n) is 0.809. The SMILES string of the molecule is [2H]c1c([2H])c([2H])n(C([2H])([2H])[2H])c1[2H]. The summed E-state index contributed by atoms with van der Waals surface area (Å²) in [6.45, 7) is -2.66. The lowest BCUT2D eigenvalue weighted by Crippen LogP contribution is -1.75. The Hall–Kier alpha value is -0.720. The molecule has 1 aromatic heterocycles. The number of rotatable bonds is 0. The summed E-state index contributed by atoms with van der Waals surface area (Å²) in [6.07, 6.45) is -1.23. The average molecular weight is 88.2 g/mol. The number of hydrogen-bond donors (Lipinski definition) is 0. The van der Waals surface area contributed by atoms with Crippen LogP contribution in [0.3, 0.4) is 0 Å². The Morgan fingerprint density at radius 2 is 2.33 bits per heavy atom. The van der Waals surface area contributed by atoms with Crippen molar-refractivity contribution in [3.63, 3.8) is 0 Å². The summed E-state index contributed by atoms with van der Waals surface area (Å²) < 4.78 is 49.9. The molecule has 0 amide bonds. The summed E-state index contributed by atoms with van der Waals surface area (Å²) >= 11 is 0. The van der Waals surface area contributed by atoms with Gasteiger partial charge in [0.25, 0.3) is 0 Å². The zero-order valence-electron chi connectivity index (χ0n) is 9.95. The van der Waals surface area contributed by atoms with Crippen LogP contribution in [0.15, 0.2) is 24.4 Å². The van der Waals surface area contributed by atoms with Crippen molar-refractivity contribution in [2.45, 2.75) is 0 Å². The molecule has 0 fully saturated rings. The van der Waals surface area contributed by atoms with Gasteiger partial charge in [0, 0.05) is 23.4 Å². The molecule has 0 radical (unpaired) electrons. The van der Waals surface area contributed by atoms with Gasteiger partial charge in [-0.3, -0.25) is 0 Å². The van der Waals surface area contributed by atoms with E-state index in [-0.39, 0.29) is 0 Å². The third-order valence-corrected chi connectivity index (χ3v) is 0.398. The van der Waals surface area contributed by atoms with Crippen molar-refractivity contribution in [2.24, 2.45) is 6.98 Å². The summed E-state index contributed by atoms with van der Waals surface area (Å²) in [5.74, 6) is 0. The molecule has 0 aliphatic carbocycles. The Bertz CT molecular complexity index is 310. The summed E-state index contributed by atoms with van der Waals surface area (Å²) in [5.41, 5.74) is 0. The molecular weight excluding hydrogens is 74.1 g/mol. The van der Waals surface area contributed by atoms with Crippen LogP contribution < -0.4 is 0 Å². The largest absolute Gasteiger partial charge is 0.357 e. The lowest BCUT2D eigenvalue weighted by molar-refractivity contribution is 0.928. The maximum Gasteiger partial charge on any atom is 0.0818 e. The number of hydrogen-bond acceptors (Lipinski definition) is 0. The van der Waals surface area contributed by atoms with E-state index in [1.807, 2.05) is 0 Å². The van der Waals surface area contributed by atoms with E-state index in [0.717, 1.165) is 0 Å². The first-order valence-electron chi connectivity index (χ1n) is 4.92. The molecule has 0 spiro atoms. The van der Waals surface area contributed by atoms with Gasteiger partial charge < -0.3 is 4.57 Å². The van der Waals surface area contributed by atoms with Gasteiger partial charge in [0.05, 0.1) is 5.48 Å². The van der Waals surface area contributed by atoms with E-state index >= 15 is 0 Å². The molecule has 0 unspecified atom stereocenters. The van der Waals surface area contributed by atoms with Crippen LogP contribution in [-0.4, -0.2) is 4.57 Å². The van der Waals surface area contributed by atoms with Crippen molar-refractivity contribution in [3.05, 3.63) is 24.4 Å². The van der Waals surface area contributed by atoms with Crippen LogP contribution in [-0.2, 0) is 6.98 Å². The summed E-state index contributed by atoms with van der Waals surface area (Å²) in [7, 11) is 0. The van der Waals surface area contributed by atoms with E-state index in [2.05, 4.69) is 0 Å². The van der Waals surface area contributed by atoms with Crippen molar-refractivity contribution in [2.75, 3.05) is 0 Å². The van der Waals surface area contributed by atoms with Crippen LogP contribution in [0.2, 0.25) is 0 Å². The van der Waals surface area contributed by atoms with E-state index in [9.17, 15) is 0 Å². The first kappa shape index (κ1) is 0.641. The van der Waals surface area contributed by atoms with Gasteiger partial charge in [-0.1, -0.05) is 0 Å². The molecular formula is C5H7N. The fourth-order valence-electron chi connectivity index (χ4n) is 0.196. The first-order valence-corrected chi connectivity index (χ1v) is 1.42. The predicted molar refractivity (Wildman–Crippen MR) is 25.4 cm³/mol. The molecule has 0 N–H and O–H groups in total. The maximum absolute atomic E-state index is 7.19. The molecule has 1 heteroatoms. The molecule has 0 saturated heterocycles. The molecule has 6 heavy (non-hydrogen) atoms. The molecule has 0 aliphatic rings. The number of nitrogens with zero attached hydrogens (tertiary/aromatic N) is 1. The van der Waals surface area contributed by atoms with Crippen LogP contribution in [0.5, 0.6) is 0 Å². The average Bonchev–Trinajstić information content (AvgIpc) is 2.14. The van der Waals surface area contributed by atoms with Crippen molar-refractivity contribution in [3.8, 4) is 0 Å². The van der Waals surface area contributed by atoms with Crippen molar-refractivity contribution in [1.82, 2.24) is 4.57 Å². The highest BCUT2D eigenvalue weighted by molar-refractivity contribution is 4.88. The topological polar surface area (TPSA) is 4.93 Å². The predicted octanol–water partition coefficient (Wildman–Crippen LogP) is 1.03. The van der Waals surface area contributed by atoms with Crippen molar-refractivity contribution in [1.29, 1.82) is 0 Å².